The van der Waals surface area contributed by atoms with Gasteiger partial charge in [-0.3, -0.25) is 4.79 Å². The van der Waals surface area contributed by atoms with Gasteiger partial charge in [0.25, 0.3) is 5.91 Å². The maximum Gasteiger partial charge on any atom is 0.255 e. The lowest BCUT2D eigenvalue weighted by atomic mass is 9.95. The van der Waals surface area contributed by atoms with Crippen LogP contribution >= 0.6 is 15.9 Å². The number of rotatable bonds is 6. The molecule has 0 spiro atoms. The Labute approximate surface area is 212 Å². The molecule has 1 unspecified atom stereocenters. The molecule has 3 aromatic carbocycles. The fraction of sp³-hybridized carbons (Fsp3) is 0.148. The quantitative estimate of drug-likeness (QED) is 0.318. The molecule has 0 saturated heterocycles. The van der Waals surface area contributed by atoms with Crippen molar-refractivity contribution in [2.75, 3.05) is 17.2 Å². The van der Waals surface area contributed by atoms with Crippen molar-refractivity contribution in [1.82, 2.24) is 14.8 Å². The van der Waals surface area contributed by atoms with Gasteiger partial charge in [0, 0.05) is 21.4 Å². The second kappa shape index (κ2) is 9.76. The summed E-state index contributed by atoms with van der Waals surface area (Å²) in [6.45, 7) is 4.44. The van der Waals surface area contributed by atoms with Crippen LogP contribution < -0.4 is 15.4 Å². The number of para-hydroxylation sites is 1. The molecule has 0 bridgehead atoms. The number of allylic oxidation sites excluding steroid dienone is 1. The van der Waals surface area contributed by atoms with Crippen LogP contribution in [-0.2, 0) is 4.79 Å². The van der Waals surface area contributed by atoms with Crippen LogP contribution in [0.5, 0.6) is 5.75 Å². The smallest absolute Gasteiger partial charge is 0.255 e. The van der Waals surface area contributed by atoms with Gasteiger partial charge in [0.1, 0.15) is 11.8 Å². The highest BCUT2D eigenvalue weighted by Crippen LogP contribution is 2.37. The number of nitrogens with one attached hydrogen (secondary N) is 2. The Morgan fingerprint density at radius 2 is 1.86 bits per heavy atom. The van der Waals surface area contributed by atoms with Crippen molar-refractivity contribution in [3.05, 3.63) is 100 Å². The summed E-state index contributed by atoms with van der Waals surface area (Å²) in [7, 11) is 0. The van der Waals surface area contributed by atoms with Gasteiger partial charge >= 0.3 is 0 Å². The summed E-state index contributed by atoms with van der Waals surface area (Å²) in [6, 6.07) is 24.5. The van der Waals surface area contributed by atoms with Crippen LogP contribution in [0.25, 0.3) is 11.4 Å². The first-order chi connectivity index (χ1) is 17.0. The van der Waals surface area contributed by atoms with Crippen LogP contribution in [0.2, 0.25) is 0 Å². The Balaban J connectivity index is 1.57. The van der Waals surface area contributed by atoms with Crippen molar-refractivity contribution in [2.45, 2.75) is 19.9 Å². The number of aromatic nitrogens is 3. The molecular weight excluding hydrogens is 506 g/mol. The van der Waals surface area contributed by atoms with E-state index in [4.69, 9.17) is 14.8 Å². The monoisotopic (exact) mass is 529 g/mol. The van der Waals surface area contributed by atoms with E-state index in [1.165, 1.54) is 0 Å². The highest BCUT2D eigenvalue weighted by Gasteiger charge is 2.34. The van der Waals surface area contributed by atoms with E-state index in [1.807, 2.05) is 92.7 Å². The van der Waals surface area contributed by atoms with Gasteiger partial charge in [0.2, 0.25) is 5.95 Å². The Hall–Kier alpha value is -3.91. The van der Waals surface area contributed by atoms with Gasteiger partial charge in [0.05, 0.1) is 12.2 Å². The fourth-order valence-corrected chi connectivity index (χ4v) is 4.56. The average molecular weight is 530 g/mol. The van der Waals surface area contributed by atoms with Crippen LogP contribution in [0.3, 0.4) is 0 Å². The minimum Gasteiger partial charge on any atom is -0.494 e. The SMILES string of the molecule is CCOc1ccc(-c2nc3n(n2)C(c2cccc(Br)c2)C(C(=O)Nc2ccccc2)=C(C)N3)cc1. The molecule has 1 aliphatic heterocycles. The molecule has 1 aliphatic rings. The lowest BCUT2D eigenvalue weighted by molar-refractivity contribution is -0.113. The van der Waals surface area contributed by atoms with Gasteiger partial charge in [0.15, 0.2) is 5.82 Å². The second-order valence-corrected chi connectivity index (χ2v) is 9.02. The first kappa shape index (κ1) is 22.9. The van der Waals surface area contributed by atoms with Crippen molar-refractivity contribution < 1.29 is 9.53 Å². The number of hydrogen-bond donors (Lipinski definition) is 2. The molecule has 4 aromatic rings. The zero-order valence-electron chi connectivity index (χ0n) is 19.3. The van der Waals surface area contributed by atoms with E-state index in [0.29, 0.717) is 24.0 Å². The summed E-state index contributed by atoms with van der Waals surface area (Å²) in [5.74, 6) is 1.73. The van der Waals surface area contributed by atoms with Crippen LogP contribution in [0.15, 0.2) is 94.6 Å². The molecule has 2 N–H and O–H groups in total. The fourth-order valence-electron chi connectivity index (χ4n) is 4.14. The van der Waals surface area contributed by atoms with Crippen molar-refractivity contribution in [3.8, 4) is 17.1 Å². The first-order valence-electron chi connectivity index (χ1n) is 11.3. The van der Waals surface area contributed by atoms with Gasteiger partial charge < -0.3 is 15.4 Å². The van der Waals surface area contributed by atoms with E-state index in [0.717, 1.165) is 32.7 Å². The van der Waals surface area contributed by atoms with Gasteiger partial charge in [-0.05, 0) is 67.9 Å². The number of carbonyl (C=O) groups is 1. The summed E-state index contributed by atoms with van der Waals surface area (Å²) in [6.07, 6.45) is 0. The maximum absolute atomic E-state index is 13.5. The molecule has 8 heteroatoms. The van der Waals surface area contributed by atoms with Gasteiger partial charge in [-0.1, -0.05) is 46.3 Å². The van der Waals surface area contributed by atoms with E-state index >= 15 is 0 Å². The standard InChI is InChI=1S/C27H24BrN5O2/c1-3-35-22-14-12-18(13-15-22)25-31-27-29-17(2)23(26(34)30-21-10-5-4-6-11-21)24(33(27)32-25)19-8-7-9-20(28)16-19/h4-16,24H,3H2,1-2H3,(H,30,34)(H,29,31,32). The van der Waals surface area contributed by atoms with E-state index in [-0.39, 0.29) is 5.91 Å². The number of ether oxygens (including phenoxy) is 1. The molecule has 5 rings (SSSR count). The lowest BCUT2D eigenvalue weighted by Gasteiger charge is -2.28. The molecule has 2 heterocycles. The van der Waals surface area contributed by atoms with Crippen molar-refractivity contribution in [2.24, 2.45) is 0 Å². The molecule has 0 radical (unpaired) electrons. The maximum atomic E-state index is 13.5. The highest BCUT2D eigenvalue weighted by atomic mass is 79.9. The van der Waals surface area contributed by atoms with Gasteiger partial charge in [-0.2, -0.15) is 4.98 Å². The molecule has 1 atom stereocenters. The van der Waals surface area contributed by atoms with Crippen molar-refractivity contribution in [3.63, 3.8) is 0 Å². The predicted molar refractivity (Wildman–Crippen MR) is 140 cm³/mol. The average Bonchev–Trinajstić information content (AvgIpc) is 3.28. The summed E-state index contributed by atoms with van der Waals surface area (Å²) >= 11 is 3.57. The van der Waals surface area contributed by atoms with Gasteiger partial charge in [-0.25, -0.2) is 4.68 Å². The molecule has 1 aromatic heterocycles. The zero-order chi connectivity index (χ0) is 24.4. The van der Waals surface area contributed by atoms with Crippen LogP contribution in [0.1, 0.15) is 25.5 Å². The van der Waals surface area contributed by atoms with Crippen molar-refractivity contribution >= 4 is 33.5 Å². The van der Waals surface area contributed by atoms with E-state index < -0.39 is 6.04 Å². The molecular formula is C27H24BrN5O2. The lowest BCUT2D eigenvalue weighted by Crippen LogP contribution is -2.31. The van der Waals surface area contributed by atoms with Crippen LogP contribution in [-0.4, -0.2) is 27.3 Å². The van der Waals surface area contributed by atoms with E-state index in [2.05, 4.69) is 26.6 Å². The Morgan fingerprint density at radius 3 is 2.57 bits per heavy atom. The summed E-state index contributed by atoms with van der Waals surface area (Å²) in [4.78, 5) is 18.3. The molecule has 7 nitrogen and oxygen atoms in total. The Bertz CT molecular complexity index is 1400. The highest BCUT2D eigenvalue weighted by molar-refractivity contribution is 9.10. The number of anilines is 2. The largest absolute Gasteiger partial charge is 0.494 e. The number of nitrogens with zero attached hydrogens (tertiary/aromatic N) is 3. The minimum atomic E-state index is -0.462. The number of amides is 1. The first-order valence-corrected chi connectivity index (χ1v) is 12.1. The van der Waals surface area contributed by atoms with E-state index in [1.54, 1.807) is 4.68 Å². The normalized spacial score (nSPS) is 14.8. The molecule has 0 saturated carbocycles. The molecule has 0 fully saturated rings. The summed E-state index contributed by atoms with van der Waals surface area (Å²) in [5.41, 5.74) is 3.80. The van der Waals surface area contributed by atoms with Crippen LogP contribution in [0, 0.1) is 0 Å². The molecule has 1 amide bonds. The summed E-state index contributed by atoms with van der Waals surface area (Å²) < 4.78 is 8.25. The number of halogens is 1. The predicted octanol–water partition coefficient (Wildman–Crippen LogP) is 6.03. The summed E-state index contributed by atoms with van der Waals surface area (Å²) in [5, 5.41) is 11.1. The van der Waals surface area contributed by atoms with Crippen LogP contribution in [0.4, 0.5) is 11.6 Å². The number of hydrogen-bond acceptors (Lipinski definition) is 5. The molecule has 35 heavy (non-hydrogen) atoms. The zero-order valence-corrected chi connectivity index (χ0v) is 20.9. The van der Waals surface area contributed by atoms with Crippen molar-refractivity contribution in [1.29, 1.82) is 0 Å². The number of benzene rings is 3. The third-order valence-corrected chi connectivity index (χ3v) is 6.21. The third kappa shape index (κ3) is 4.70. The molecule has 0 aliphatic carbocycles. The van der Waals surface area contributed by atoms with Gasteiger partial charge in [-0.15, -0.1) is 5.10 Å². The Morgan fingerprint density at radius 1 is 1.09 bits per heavy atom. The topological polar surface area (TPSA) is 81.1 Å². The number of fused-ring (bicyclic) bond motifs is 1. The Kier molecular flexibility index (Phi) is 6.37. The minimum absolute atomic E-state index is 0.199. The number of carbonyl (C=O) groups excluding carboxylic acids is 1. The molecule has 176 valence electrons. The third-order valence-electron chi connectivity index (χ3n) is 5.72. The second-order valence-electron chi connectivity index (χ2n) is 8.10. The van der Waals surface area contributed by atoms with E-state index in [9.17, 15) is 4.79 Å².